The average molecular weight is 121 g/mol. The Kier molecular flexibility index (Phi) is 21.0. The molecule has 0 rings (SSSR count). The Bertz CT molecular complexity index is 40.3. The number of hydrogen-bond donors (Lipinski definition) is 1. The van der Waals surface area contributed by atoms with E-state index in [1.54, 1.807) is 13.8 Å². The van der Waals surface area contributed by atoms with Crippen LogP contribution in [0.15, 0.2) is 5.34 Å². The van der Waals surface area contributed by atoms with Crippen molar-refractivity contribution in [3.05, 3.63) is 4.91 Å². The summed E-state index contributed by atoms with van der Waals surface area (Å²) in [6.07, 6.45) is 0. The lowest BCUT2D eigenvalue weighted by Crippen LogP contribution is -1.71. The third kappa shape index (κ3) is 55.1. The largest absolute Gasteiger partial charge is 0.397 e. The van der Waals surface area contributed by atoms with E-state index < -0.39 is 0 Å². The highest BCUT2D eigenvalue weighted by molar-refractivity contribution is 4.01. The van der Waals surface area contributed by atoms with Crippen LogP contribution < -0.4 is 0 Å². The Morgan fingerprint density at radius 2 is 2.00 bits per heavy atom. The first-order chi connectivity index (χ1) is 3.83. The fraction of sp³-hybridized carbons (Fsp3) is 1.00. The highest BCUT2D eigenvalue weighted by atomic mass is 16.7. The lowest BCUT2D eigenvalue weighted by Gasteiger charge is -1.76. The van der Waals surface area contributed by atoms with Gasteiger partial charge in [0.05, 0.1) is 0 Å². The van der Waals surface area contributed by atoms with Crippen molar-refractivity contribution >= 4 is 0 Å². The van der Waals surface area contributed by atoms with Gasteiger partial charge in [0.1, 0.15) is 6.61 Å². The second kappa shape index (κ2) is 16.2. The molecule has 0 aromatic carbocycles. The fourth-order valence-corrected chi connectivity index (χ4v) is 0.0527. The van der Waals surface area contributed by atoms with Crippen molar-refractivity contribution in [3.8, 4) is 0 Å². The Morgan fingerprint density at radius 3 is 2.00 bits per heavy atom. The van der Waals surface area contributed by atoms with Crippen molar-refractivity contribution < 1.29 is 9.94 Å². The van der Waals surface area contributed by atoms with Gasteiger partial charge in [0.2, 0.25) is 0 Å². The molecular weight excluding hydrogens is 110 g/mol. The minimum atomic E-state index is 0.250. The van der Waals surface area contributed by atoms with Crippen molar-refractivity contribution in [2.24, 2.45) is 5.34 Å². The first kappa shape index (κ1) is 10.4. The van der Waals surface area contributed by atoms with Gasteiger partial charge in [0, 0.05) is 6.61 Å². The van der Waals surface area contributed by atoms with E-state index in [-0.39, 0.29) is 6.61 Å². The van der Waals surface area contributed by atoms with Gasteiger partial charge in [-0.2, -0.15) is 0 Å². The van der Waals surface area contributed by atoms with Gasteiger partial charge in [-0.3, -0.25) is 0 Å². The molecule has 0 aromatic heterocycles. The third-order valence-corrected chi connectivity index (χ3v) is 0.182. The smallest absolute Gasteiger partial charge is 0.155 e. The van der Waals surface area contributed by atoms with Crippen molar-refractivity contribution in [1.82, 2.24) is 0 Å². The predicted molar refractivity (Wildman–Crippen MR) is 30.2 cm³/mol. The summed E-state index contributed by atoms with van der Waals surface area (Å²) in [5.74, 6) is 0. The van der Waals surface area contributed by atoms with E-state index in [0.717, 1.165) is 0 Å². The van der Waals surface area contributed by atoms with E-state index in [4.69, 9.17) is 10.0 Å². The Balaban J connectivity index is 0. The lowest BCUT2D eigenvalue weighted by molar-refractivity contribution is 0.154. The van der Waals surface area contributed by atoms with Crippen LogP contribution in [0.1, 0.15) is 13.8 Å². The van der Waals surface area contributed by atoms with Crippen LogP contribution in [-0.2, 0) is 4.84 Å². The van der Waals surface area contributed by atoms with E-state index in [2.05, 4.69) is 10.2 Å². The van der Waals surface area contributed by atoms with Gasteiger partial charge in [0.25, 0.3) is 0 Å². The van der Waals surface area contributed by atoms with E-state index >= 15 is 0 Å². The number of nitrogens with zero attached hydrogens (tertiary/aromatic N) is 1. The summed E-state index contributed by atoms with van der Waals surface area (Å²) in [7, 11) is 0. The summed E-state index contributed by atoms with van der Waals surface area (Å²) in [6.45, 7) is 3.99. The van der Waals surface area contributed by atoms with Gasteiger partial charge in [-0.25, -0.2) is 0 Å². The molecule has 0 saturated carbocycles. The van der Waals surface area contributed by atoms with Crippen molar-refractivity contribution in [1.29, 1.82) is 0 Å². The molecule has 8 heavy (non-hydrogen) atoms. The molecule has 4 heteroatoms. The van der Waals surface area contributed by atoms with Crippen LogP contribution >= 0.6 is 0 Å². The normalized spacial score (nSPS) is 6.38. The molecule has 0 aliphatic rings. The maximum absolute atomic E-state index is 8.93. The van der Waals surface area contributed by atoms with Gasteiger partial charge in [-0.05, 0) is 13.8 Å². The summed E-state index contributed by atoms with van der Waals surface area (Å²) >= 11 is 0. The molecule has 0 bridgehead atoms. The summed E-state index contributed by atoms with van der Waals surface area (Å²) in [5, 5.41) is 9.67. The maximum Gasteiger partial charge on any atom is 0.155 e. The van der Waals surface area contributed by atoms with E-state index in [9.17, 15) is 0 Å². The van der Waals surface area contributed by atoms with Crippen LogP contribution in [-0.4, -0.2) is 18.3 Å². The molecule has 0 aliphatic carbocycles. The molecule has 50 valence electrons. The van der Waals surface area contributed by atoms with E-state index in [0.29, 0.717) is 6.61 Å². The maximum atomic E-state index is 8.93. The molecule has 0 heterocycles. The van der Waals surface area contributed by atoms with Crippen LogP contribution in [0.4, 0.5) is 0 Å². The van der Waals surface area contributed by atoms with Crippen LogP contribution in [0.2, 0.25) is 0 Å². The zero-order valence-electron chi connectivity index (χ0n) is 5.13. The Morgan fingerprint density at radius 1 is 1.62 bits per heavy atom. The molecule has 0 saturated heterocycles. The topological polar surface area (TPSA) is 58.9 Å². The van der Waals surface area contributed by atoms with Gasteiger partial charge < -0.3 is 9.94 Å². The summed E-state index contributed by atoms with van der Waals surface area (Å²) < 4.78 is 0. The van der Waals surface area contributed by atoms with E-state index in [1.807, 2.05) is 0 Å². The van der Waals surface area contributed by atoms with Gasteiger partial charge in [0.15, 0.2) is 5.34 Å². The Labute approximate surface area is 48.4 Å². The van der Waals surface area contributed by atoms with Crippen LogP contribution in [0.5, 0.6) is 0 Å². The van der Waals surface area contributed by atoms with Crippen molar-refractivity contribution in [2.45, 2.75) is 13.8 Å². The number of rotatable bonds is 2. The first-order valence-electron chi connectivity index (χ1n) is 2.38. The average Bonchev–Trinajstić information content (AvgIpc) is 1.71. The first-order valence-corrected chi connectivity index (χ1v) is 2.38. The van der Waals surface area contributed by atoms with Crippen molar-refractivity contribution in [3.63, 3.8) is 0 Å². The second-order valence-electron chi connectivity index (χ2n) is 0.809. The summed E-state index contributed by atoms with van der Waals surface area (Å²) in [5.41, 5.74) is 0. The van der Waals surface area contributed by atoms with Crippen LogP contribution in [0, 0.1) is 4.91 Å². The van der Waals surface area contributed by atoms with E-state index in [1.165, 1.54) is 0 Å². The van der Waals surface area contributed by atoms with Gasteiger partial charge in [-0.15, -0.1) is 4.91 Å². The summed E-state index contributed by atoms with van der Waals surface area (Å²) in [6, 6.07) is 0. The molecule has 0 amide bonds. The van der Waals surface area contributed by atoms with Crippen LogP contribution in [0.25, 0.3) is 0 Å². The fourth-order valence-electron chi connectivity index (χ4n) is 0.0527. The molecule has 0 unspecified atom stereocenters. The molecule has 0 atom stereocenters. The van der Waals surface area contributed by atoms with Crippen molar-refractivity contribution in [2.75, 3.05) is 13.2 Å². The third-order valence-electron chi connectivity index (χ3n) is 0.182. The quantitative estimate of drug-likeness (QED) is 0.432. The lowest BCUT2D eigenvalue weighted by atomic mass is 10.9. The molecule has 0 aliphatic heterocycles. The zero-order chi connectivity index (χ0) is 6.83. The molecule has 0 spiro atoms. The molecular formula is C4H11NO3. The standard InChI is InChI=1S/C2H5NO2.C2H6O/c1-2-5-3-4;1-2-3/h2H2,1H3;3H,2H2,1H3. The summed E-state index contributed by atoms with van der Waals surface area (Å²) in [4.78, 5) is 12.8. The SMILES string of the molecule is CCO.CCON=O. The number of aliphatic hydroxyl groups is 1. The molecule has 4 nitrogen and oxygen atoms in total. The zero-order valence-corrected chi connectivity index (χ0v) is 5.13. The highest BCUT2D eigenvalue weighted by Crippen LogP contribution is 1.65. The highest BCUT2D eigenvalue weighted by Gasteiger charge is 1.62. The molecule has 0 fully saturated rings. The number of aliphatic hydroxyl groups excluding tert-OH is 1. The molecule has 0 aromatic rings. The Hall–Kier alpha value is -0.640. The number of hydrogen-bond acceptors (Lipinski definition) is 4. The predicted octanol–water partition coefficient (Wildman–Crippen LogP) is 0.703. The van der Waals surface area contributed by atoms with Crippen LogP contribution in [0.3, 0.4) is 0 Å². The van der Waals surface area contributed by atoms with Gasteiger partial charge in [-0.1, -0.05) is 0 Å². The minimum Gasteiger partial charge on any atom is -0.397 e. The second-order valence-corrected chi connectivity index (χ2v) is 0.809. The van der Waals surface area contributed by atoms with Gasteiger partial charge >= 0.3 is 0 Å². The molecule has 0 radical (unpaired) electrons. The minimum absolute atomic E-state index is 0.250. The monoisotopic (exact) mass is 121 g/mol. The molecule has 1 N–H and O–H groups in total.